The number of nitro benzene ring substituents is 1. The quantitative estimate of drug-likeness (QED) is 0.314. The van der Waals surface area contributed by atoms with E-state index in [0.717, 1.165) is 0 Å². The molecular weight excluding hydrogens is 388 g/mol. The first kappa shape index (κ1) is 21.0. The van der Waals surface area contributed by atoms with E-state index in [1.54, 1.807) is 30.3 Å². The molecule has 30 heavy (non-hydrogen) atoms. The highest BCUT2D eigenvalue weighted by atomic mass is 16.6. The molecular formula is C21H22N4O5. The van der Waals surface area contributed by atoms with Gasteiger partial charge in [0.05, 0.1) is 24.4 Å². The first-order chi connectivity index (χ1) is 14.5. The molecule has 0 aromatic heterocycles. The maximum absolute atomic E-state index is 12.4. The number of para-hydroxylation sites is 1. The van der Waals surface area contributed by atoms with Crippen molar-refractivity contribution in [2.75, 3.05) is 31.2 Å². The Labute approximate surface area is 173 Å². The lowest BCUT2D eigenvalue weighted by atomic mass is 10.1. The highest BCUT2D eigenvalue weighted by molar-refractivity contribution is 5.96. The predicted molar refractivity (Wildman–Crippen MR) is 113 cm³/mol. The normalized spacial score (nSPS) is 13.9. The third kappa shape index (κ3) is 4.81. The largest absolute Gasteiger partial charge is 0.507 e. The summed E-state index contributed by atoms with van der Waals surface area (Å²) in [4.78, 5) is 25.3. The van der Waals surface area contributed by atoms with E-state index in [1.807, 2.05) is 4.90 Å². The predicted octanol–water partition coefficient (Wildman–Crippen LogP) is 2.63. The summed E-state index contributed by atoms with van der Waals surface area (Å²) < 4.78 is 5.28. The standard InChI is InChI=1S/C21H22N4O5/c1-2-4-15-5-3-6-17(20(15)26)14-22-23-21(27)16-7-8-18(19(13-16)25(28)29)24-9-11-30-12-10-24/h2-3,5-8,13-14,26H,1,4,9-12H2,(H,23,27). The Hall–Kier alpha value is -3.72. The molecule has 1 amide bonds. The molecule has 0 unspecified atom stereocenters. The highest BCUT2D eigenvalue weighted by Gasteiger charge is 2.23. The summed E-state index contributed by atoms with van der Waals surface area (Å²) in [6.07, 6.45) is 3.49. The minimum Gasteiger partial charge on any atom is -0.507 e. The fourth-order valence-electron chi connectivity index (χ4n) is 3.14. The first-order valence-electron chi connectivity index (χ1n) is 9.37. The van der Waals surface area contributed by atoms with Crippen molar-refractivity contribution in [2.45, 2.75) is 6.42 Å². The minimum atomic E-state index is -0.593. The third-order valence-electron chi connectivity index (χ3n) is 4.67. The van der Waals surface area contributed by atoms with E-state index in [0.29, 0.717) is 49.5 Å². The number of nitrogens with zero attached hydrogens (tertiary/aromatic N) is 3. The minimum absolute atomic E-state index is 0.0564. The van der Waals surface area contributed by atoms with Crippen LogP contribution in [-0.4, -0.2) is 48.5 Å². The van der Waals surface area contributed by atoms with Gasteiger partial charge in [-0.05, 0) is 30.2 Å². The molecule has 1 fully saturated rings. The van der Waals surface area contributed by atoms with Gasteiger partial charge < -0.3 is 14.7 Å². The number of hydrogen-bond acceptors (Lipinski definition) is 7. The van der Waals surface area contributed by atoms with E-state index in [9.17, 15) is 20.0 Å². The lowest BCUT2D eigenvalue weighted by Crippen LogP contribution is -2.36. The zero-order valence-corrected chi connectivity index (χ0v) is 16.3. The second-order valence-electron chi connectivity index (χ2n) is 6.61. The van der Waals surface area contributed by atoms with Crippen LogP contribution in [0.1, 0.15) is 21.5 Å². The number of phenolic OH excluding ortho intramolecular Hbond substituents is 1. The van der Waals surface area contributed by atoms with Crippen LogP contribution in [0.25, 0.3) is 0 Å². The van der Waals surface area contributed by atoms with Crippen molar-refractivity contribution in [3.8, 4) is 5.75 Å². The number of morpholine rings is 1. The average molecular weight is 410 g/mol. The van der Waals surface area contributed by atoms with Crippen LogP contribution in [-0.2, 0) is 11.2 Å². The molecule has 0 aliphatic carbocycles. The Morgan fingerprint density at radius 2 is 2.10 bits per heavy atom. The molecule has 0 bridgehead atoms. The molecule has 2 N–H and O–H groups in total. The van der Waals surface area contributed by atoms with Crippen molar-refractivity contribution < 1.29 is 19.6 Å². The van der Waals surface area contributed by atoms with E-state index >= 15 is 0 Å². The van der Waals surface area contributed by atoms with Gasteiger partial charge in [-0.15, -0.1) is 6.58 Å². The molecule has 0 atom stereocenters. The van der Waals surface area contributed by atoms with Gasteiger partial charge >= 0.3 is 0 Å². The Bertz CT molecular complexity index is 983. The molecule has 1 aliphatic heterocycles. The number of allylic oxidation sites excluding steroid dienone is 1. The first-order valence-corrected chi connectivity index (χ1v) is 9.37. The van der Waals surface area contributed by atoms with Gasteiger partial charge in [0.2, 0.25) is 0 Å². The van der Waals surface area contributed by atoms with Crippen LogP contribution in [0.2, 0.25) is 0 Å². The van der Waals surface area contributed by atoms with Crippen molar-refractivity contribution in [3.05, 3.63) is 75.9 Å². The van der Waals surface area contributed by atoms with Crippen molar-refractivity contribution in [1.29, 1.82) is 0 Å². The van der Waals surface area contributed by atoms with Gasteiger partial charge in [0, 0.05) is 30.3 Å². The summed E-state index contributed by atoms with van der Waals surface area (Å²) in [5.74, 6) is -0.537. The zero-order valence-electron chi connectivity index (χ0n) is 16.3. The summed E-state index contributed by atoms with van der Waals surface area (Å²) in [6, 6.07) is 9.49. The fourth-order valence-corrected chi connectivity index (χ4v) is 3.14. The molecule has 9 nitrogen and oxygen atoms in total. The molecule has 9 heteroatoms. The van der Waals surface area contributed by atoms with E-state index in [4.69, 9.17) is 4.74 Å². The second kappa shape index (κ2) is 9.66. The van der Waals surface area contributed by atoms with E-state index in [2.05, 4.69) is 17.1 Å². The molecule has 1 saturated heterocycles. The van der Waals surface area contributed by atoms with Gasteiger partial charge in [-0.25, -0.2) is 5.43 Å². The van der Waals surface area contributed by atoms with Crippen molar-refractivity contribution in [2.24, 2.45) is 5.10 Å². The number of ether oxygens (including phenoxy) is 1. The maximum Gasteiger partial charge on any atom is 0.293 e. The lowest BCUT2D eigenvalue weighted by Gasteiger charge is -2.28. The van der Waals surface area contributed by atoms with Crippen molar-refractivity contribution in [3.63, 3.8) is 0 Å². The highest BCUT2D eigenvalue weighted by Crippen LogP contribution is 2.30. The van der Waals surface area contributed by atoms with Gasteiger partial charge in [0.15, 0.2) is 0 Å². The number of anilines is 1. The van der Waals surface area contributed by atoms with Crippen LogP contribution >= 0.6 is 0 Å². The van der Waals surface area contributed by atoms with Crippen molar-refractivity contribution >= 4 is 23.5 Å². The Morgan fingerprint density at radius 3 is 2.80 bits per heavy atom. The SMILES string of the molecule is C=CCc1cccc(C=NNC(=O)c2ccc(N3CCOCC3)c([N+](=O)[O-])c2)c1O. The molecule has 0 saturated carbocycles. The topological polar surface area (TPSA) is 117 Å². The Morgan fingerprint density at radius 1 is 1.33 bits per heavy atom. The Balaban J connectivity index is 1.75. The molecule has 0 radical (unpaired) electrons. The number of hydrogen-bond donors (Lipinski definition) is 2. The molecule has 2 aromatic rings. The number of nitrogens with one attached hydrogen (secondary N) is 1. The number of rotatable bonds is 7. The number of benzene rings is 2. The van der Waals surface area contributed by atoms with Crippen LogP contribution in [0.15, 0.2) is 54.2 Å². The molecule has 1 heterocycles. The third-order valence-corrected chi connectivity index (χ3v) is 4.67. The lowest BCUT2D eigenvalue weighted by molar-refractivity contribution is -0.384. The van der Waals surface area contributed by atoms with E-state index < -0.39 is 10.8 Å². The van der Waals surface area contributed by atoms with Crippen LogP contribution in [0.5, 0.6) is 5.75 Å². The van der Waals surface area contributed by atoms with Crippen LogP contribution in [0, 0.1) is 10.1 Å². The summed E-state index contributed by atoms with van der Waals surface area (Å²) in [7, 11) is 0. The molecule has 1 aliphatic rings. The number of hydrazone groups is 1. The summed E-state index contributed by atoms with van der Waals surface area (Å²) in [6.45, 7) is 5.73. The van der Waals surface area contributed by atoms with Crippen LogP contribution in [0.3, 0.4) is 0 Å². The van der Waals surface area contributed by atoms with Gasteiger partial charge in [0.25, 0.3) is 11.6 Å². The number of nitro groups is 1. The molecule has 0 spiro atoms. The maximum atomic E-state index is 12.4. The molecule has 156 valence electrons. The number of carbonyl (C=O) groups excluding carboxylic acids is 1. The van der Waals surface area contributed by atoms with Crippen molar-refractivity contribution in [1.82, 2.24) is 5.43 Å². The fraction of sp³-hybridized carbons (Fsp3) is 0.238. The Kier molecular flexibility index (Phi) is 6.76. The molecule has 2 aromatic carbocycles. The van der Waals surface area contributed by atoms with Gasteiger partial charge in [0.1, 0.15) is 11.4 Å². The number of aromatic hydroxyl groups is 1. The monoisotopic (exact) mass is 410 g/mol. The van der Waals surface area contributed by atoms with E-state index in [1.165, 1.54) is 18.3 Å². The zero-order chi connectivity index (χ0) is 21.5. The van der Waals surface area contributed by atoms with Gasteiger partial charge in [-0.2, -0.15) is 5.10 Å². The molecule has 3 rings (SSSR count). The number of carbonyl (C=O) groups is 1. The number of amides is 1. The van der Waals surface area contributed by atoms with Gasteiger partial charge in [-0.1, -0.05) is 18.2 Å². The second-order valence-corrected chi connectivity index (χ2v) is 6.61. The smallest absolute Gasteiger partial charge is 0.293 e. The number of phenols is 1. The average Bonchev–Trinajstić information content (AvgIpc) is 2.76. The summed E-state index contributed by atoms with van der Waals surface area (Å²) in [5.41, 5.74) is 3.87. The van der Waals surface area contributed by atoms with Crippen LogP contribution < -0.4 is 10.3 Å². The van der Waals surface area contributed by atoms with Crippen LogP contribution in [0.4, 0.5) is 11.4 Å². The summed E-state index contributed by atoms with van der Waals surface area (Å²) >= 11 is 0. The summed E-state index contributed by atoms with van der Waals surface area (Å²) in [5, 5.41) is 25.6. The van der Waals surface area contributed by atoms with Gasteiger partial charge in [-0.3, -0.25) is 14.9 Å². The van der Waals surface area contributed by atoms with E-state index in [-0.39, 0.29) is 17.0 Å².